The molecule has 1 heterocycles. The van der Waals surface area contributed by atoms with Crippen LogP contribution >= 0.6 is 15.9 Å². The van der Waals surface area contributed by atoms with Crippen LogP contribution in [-0.2, 0) is 13.0 Å². The second kappa shape index (κ2) is 7.79. The van der Waals surface area contributed by atoms with E-state index in [2.05, 4.69) is 26.6 Å². The first-order valence-electron chi connectivity index (χ1n) is 8.38. The summed E-state index contributed by atoms with van der Waals surface area (Å²) in [7, 11) is 1.67. The van der Waals surface area contributed by atoms with Gasteiger partial charge in [0.25, 0.3) is 5.91 Å². The molecule has 0 radical (unpaired) electrons. The van der Waals surface area contributed by atoms with Crippen LogP contribution in [0.1, 0.15) is 21.6 Å². The highest BCUT2D eigenvalue weighted by Gasteiger charge is 2.17. The van der Waals surface area contributed by atoms with Crippen molar-refractivity contribution in [3.63, 3.8) is 0 Å². The standard InChI is InChI=1S/C21H21BrN2O2/c1-14-19(21(23)25)13-20(16-6-4-7-17(22)12-16)24(14)10-9-15-5-3-8-18(11-15)26-2/h3-8,11-13H,9-10H2,1-2H3,(H2,23,25). The summed E-state index contributed by atoms with van der Waals surface area (Å²) in [5, 5.41) is 0. The number of aryl methyl sites for hydroxylation is 1. The van der Waals surface area contributed by atoms with Crippen molar-refractivity contribution in [2.24, 2.45) is 5.73 Å². The van der Waals surface area contributed by atoms with E-state index in [0.717, 1.165) is 40.1 Å². The molecule has 5 heteroatoms. The Hall–Kier alpha value is -2.53. The van der Waals surface area contributed by atoms with Crippen LogP contribution in [-0.4, -0.2) is 17.6 Å². The van der Waals surface area contributed by atoms with Gasteiger partial charge in [0.05, 0.1) is 12.7 Å². The Morgan fingerprint density at radius 2 is 1.92 bits per heavy atom. The number of hydrogen-bond donors (Lipinski definition) is 1. The minimum absolute atomic E-state index is 0.404. The quantitative estimate of drug-likeness (QED) is 0.644. The molecule has 0 saturated carbocycles. The summed E-state index contributed by atoms with van der Waals surface area (Å²) < 4.78 is 8.45. The number of nitrogens with two attached hydrogens (primary N) is 1. The van der Waals surface area contributed by atoms with Crippen LogP contribution in [0.2, 0.25) is 0 Å². The molecule has 0 unspecified atom stereocenters. The molecule has 2 N–H and O–H groups in total. The zero-order valence-corrected chi connectivity index (χ0v) is 16.4. The lowest BCUT2D eigenvalue weighted by atomic mass is 10.1. The van der Waals surface area contributed by atoms with Crippen molar-refractivity contribution < 1.29 is 9.53 Å². The van der Waals surface area contributed by atoms with Gasteiger partial charge in [-0.2, -0.15) is 0 Å². The number of halogens is 1. The Morgan fingerprint density at radius 1 is 1.15 bits per heavy atom. The fraction of sp³-hybridized carbons (Fsp3) is 0.190. The van der Waals surface area contributed by atoms with Crippen LogP contribution in [0.5, 0.6) is 5.75 Å². The van der Waals surface area contributed by atoms with Crippen molar-refractivity contribution in [2.45, 2.75) is 19.9 Å². The first kappa shape index (κ1) is 18.3. The summed E-state index contributed by atoms with van der Waals surface area (Å²) in [6, 6.07) is 18.0. The van der Waals surface area contributed by atoms with Gasteiger partial charge in [-0.15, -0.1) is 0 Å². The number of carbonyl (C=O) groups is 1. The lowest BCUT2D eigenvalue weighted by molar-refractivity contribution is 0.0999. The highest BCUT2D eigenvalue weighted by Crippen LogP contribution is 2.28. The number of amides is 1. The maximum Gasteiger partial charge on any atom is 0.250 e. The molecule has 0 aliphatic carbocycles. The van der Waals surface area contributed by atoms with Gasteiger partial charge in [0.2, 0.25) is 0 Å². The van der Waals surface area contributed by atoms with Gasteiger partial charge in [-0.05, 0) is 54.8 Å². The third-order valence-corrected chi connectivity index (χ3v) is 5.00. The Kier molecular flexibility index (Phi) is 5.47. The molecular formula is C21H21BrN2O2. The second-order valence-electron chi connectivity index (χ2n) is 6.16. The number of hydrogen-bond acceptors (Lipinski definition) is 2. The molecule has 26 heavy (non-hydrogen) atoms. The second-order valence-corrected chi connectivity index (χ2v) is 7.07. The fourth-order valence-corrected chi connectivity index (χ4v) is 3.54. The molecule has 3 rings (SSSR count). The van der Waals surface area contributed by atoms with Gasteiger partial charge in [-0.1, -0.05) is 40.2 Å². The van der Waals surface area contributed by atoms with Gasteiger partial charge < -0.3 is 15.0 Å². The summed E-state index contributed by atoms with van der Waals surface area (Å²) in [5.74, 6) is 0.440. The van der Waals surface area contributed by atoms with Crippen LogP contribution in [0.15, 0.2) is 59.1 Å². The number of nitrogens with zero attached hydrogens (tertiary/aromatic N) is 1. The number of rotatable bonds is 6. The maximum atomic E-state index is 11.8. The molecule has 0 saturated heterocycles. The Morgan fingerprint density at radius 3 is 2.62 bits per heavy atom. The summed E-state index contributed by atoms with van der Waals surface area (Å²) in [4.78, 5) is 11.8. The summed E-state index contributed by atoms with van der Waals surface area (Å²) in [5.41, 5.74) is 10.2. The van der Waals surface area contributed by atoms with E-state index in [-0.39, 0.29) is 0 Å². The van der Waals surface area contributed by atoms with Crippen LogP contribution in [0, 0.1) is 6.92 Å². The van der Waals surface area contributed by atoms with E-state index < -0.39 is 5.91 Å². The van der Waals surface area contributed by atoms with Gasteiger partial charge in [0.1, 0.15) is 5.75 Å². The van der Waals surface area contributed by atoms with E-state index in [9.17, 15) is 4.79 Å². The van der Waals surface area contributed by atoms with Gasteiger partial charge in [-0.25, -0.2) is 0 Å². The number of methoxy groups -OCH3 is 1. The number of aromatic nitrogens is 1. The van der Waals surface area contributed by atoms with Crippen molar-refractivity contribution >= 4 is 21.8 Å². The minimum atomic E-state index is -0.404. The van der Waals surface area contributed by atoms with E-state index in [1.807, 2.05) is 55.5 Å². The number of carbonyl (C=O) groups excluding carboxylic acids is 1. The monoisotopic (exact) mass is 412 g/mol. The van der Waals surface area contributed by atoms with E-state index in [4.69, 9.17) is 10.5 Å². The van der Waals surface area contributed by atoms with Crippen LogP contribution in [0.25, 0.3) is 11.3 Å². The van der Waals surface area contributed by atoms with Crippen molar-refractivity contribution in [1.29, 1.82) is 0 Å². The SMILES string of the molecule is COc1cccc(CCn2c(-c3cccc(Br)c3)cc(C(N)=O)c2C)c1. The molecule has 0 bridgehead atoms. The molecule has 0 atom stereocenters. The maximum absolute atomic E-state index is 11.8. The summed E-state index contributed by atoms with van der Waals surface area (Å²) in [6.07, 6.45) is 0.825. The van der Waals surface area contributed by atoms with Crippen molar-refractivity contribution in [3.05, 3.63) is 75.9 Å². The molecule has 0 aliphatic rings. The first-order chi connectivity index (χ1) is 12.5. The fourth-order valence-electron chi connectivity index (χ4n) is 3.14. The average molecular weight is 413 g/mol. The molecule has 0 fully saturated rings. The topological polar surface area (TPSA) is 57.2 Å². The Labute approximate surface area is 161 Å². The third-order valence-electron chi connectivity index (χ3n) is 4.51. The lowest BCUT2D eigenvalue weighted by Crippen LogP contribution is -2.13. The zero-order valence-electron chi connectivity index (χ0n) is 14.8. The van der Waals surface area contributed by atoms with E-state index in [1.165, 1.54) is 5.56 Å². The van der Waals surface area contributed by atoms with Gasteiger partial charge >= 0.3 is 0 Å². The molecule has 3 aromatic rings. The van der Waals surface area contributed by atoms with Crippen LogP contribution in [0.3, 0.4) is 0 Å². The average Bonchev–Trinajstić information content (AvgIpc) is 2.97. The molecular weight excluding hydrogens is 392 g/mol. The minimum Gasteiger partial charge on any atom is -0.497 e. The van der Waals surface area contributed by atoms with Gasteiger partial charge in [0.15, 0.2) is 0 Å². The van der Waals surface area contributed by atoms with Gasteiger partial charge in [0, 0.05) is 22.4 Å². The summed E-state index contributed by atoms with van der Waals surface area (Å²) >= 11 is 3.52. The number of benzene rings is 2. The van der Waals surface area contributed by atoms with Gasteiger partial charge in [-0.3, -0.25) is 4.79 Å². The smallest absolute Gasteiger partial charge is 0.250 e. The molecule has 1 aromatic heterocycles. The predicted octanol–water partition coefficient (Wildman–Crippen LogP) is 4.58. The largest absolute Gasteiger partial charge is 0.497 e. The molecule has 2 aromatic carbocycles. The molecule has 1 amide bonds. The zero-order chi connectivity index (χ0) is 18.7. The molecule has 4 nitrogen and oxygen atoms in total. The highest BCUT2D eigenvalue weighted by atomic mass is 79.9. The first-order valence-corrected chi connectivity index (χ1v) is 9.17. The third kappa shape index (κ3) is 3.83. The normalized spacial score (nSPS) is 10.7. The van der Waals surface area contributed by atoms with E-state index >= 15 is 0 Å². The van der Waals surface area contributed by atoms with Crippen molar-refractivity contribution in [1.82, 2.24) is 4.57 Å². The molecule has 0 spiro atoms. The van der Waals surface area contributed by atoms with E-state index in [0.29, 0.717) is 5.56 Å². The van der Waals surface area contributed by atoms with E-state index in [1.54, 1.807) is 7.11 Å². The number of primary amides is 1. The predicted molar refractivity (Wildman–Crippen MR) is 108 cm³/mol. The van der Waals surface area contributed by atoms with Crippen molar-refractivity contribution in [3.8, 4) is 17.0 Å². The van der Waals surface area contributed by atoms with Crippen molar-refractivity contribution in [2.75, 3.05) is 7.11 Å². The molecule has 134 valence electrons. The van der Waals surface area contributed by atoms with Crippen LogP contribution in [0.4, 0.5) is 0 Å². The number of ether oxygens (including phenoxy) is 1. The highest BCUT2D eigenvalue weighted by molar-refractivity contribution is 9.10. The molecule has 0 aliphatic heterocycles. The Bertz CT molecular complexity index is 947. The summed E-state index contributed by atoms with van der Waals surface area (Å²) in [6.45, 7) is 2.68. The Balaban J connectivity index is 1.97. The van der Waals surface area contributed by atoms with Crippen LogP contribution < -0.4 is 10.5 Å². The lowest BCUT2D eigenvalue weighted by Gasteiger charge is -2.13.